The summed E-state index contributed by atoms with van der Waals surface area (Å²) in [6.45, 7) is 2.05. The average Bonchev–Trinajstić information content (AvgIpc) is 2.90. The minimum absolute atomic E-state index is 0.193. The maximum Gasteiger partial charge on any atom is 0.224 e. The van der Waals surface area contributed by atoms with Crippen molar-refractivity contribution in [2.75, 3.05) is 5.32 Å². The smallest absolute Gasteiger partial charge is 0.224 e. The number of carbonyl (C=O) groups excluding carboxylic acids is 1. The molecule has 0 unspecified atom stereocenters. The first kappa shape index (κ1) is 11.8. The molecule has 3 atom stereocenters. The number of hydrogen-bond donors (Lipinski definition) is 1. The van der Waals surface area contributed by atoms with Crippen LogP contribution in [-0.2, 0) is 4.79 Å². The highest BCUT2D eigenvalue weighted by Gasteiger charge is 2.40. The topological polar surface area (TPSA) is 29.1 Å². The molecule has 3 rings (SSSR count). The predicted octanol–water partition coefficient (Wildman–Crippen LogP) is 3.76. The molecule has 96 valence electrons. The molecule has 0 aromatic heterocycles. The van der Waals surface area contributed by atoms with Crippen LogP contribution in [-0.4, -0.2) is 5.91 Å². The molecule has 2 nitrogen and oxygen atoms in total. The first-order chi connectivity index (χ1) is 8.70. The number of rotatable bonds is 3. The summed E-state index contributed by atoms with van der Waals surface area (Å²) in [6, 6.07) is 8.03. The molecule has 2 saturated carbocycles. The molecular formula is C16H21NO. The molecule has 2 fully saturated rings. The summed E-state index contributed by atoms with van der Waals surface area (Å²) in [4.78, 5) is 12.0. The fraction of sp³-hybridized carbons (Fsp3) is 0.562. The van der Waals surface area contributed by atoms with Gasteiger partial charge in [0.15, 0.2) is 0 Å². The van der Waals surface area contributed by atoms with Crippen LogP contribution in [0.1, 0.15) is 37.7 Å². The minimum atomic E-state index is 0.193. The summed E-state index contributed by atoms with van der Waals surface area (Å²) >= 11 is 0. The molecule has 2 aliphatic carbocycles. The van der Waals surface area contributed by atoms with E-state index in [1.165, 1.54) is 31.2 Å². The Balaban J connectivity index is 1.56. The van der Waals surface area contributed by atoms with Crippen molar-refractivity contribution in [3.05, 3.63) is 29.8 Å². The lowest BCUT2D eigenvalue weighted by Gasteiger charge is -2.20. The molecule has 2 bridgehead atoms. The molecule has 0 aliphatic heterocycles. The molecule has 2 heteroatoms. The van der Waals surface area contributed by atoms with Gasteiger partial charge in [-0.3, -0.25) is 4.79 Å². The third-order valence-corrected chi connectivity index (χ3v) is 4.63. The third kappa shape index (κ3) is 2.43. The zero-order valence-electron chi connectivity index (χ0n) is 11.0. The van der Waals surface area contributed by atoms with Crippen molar-refractivity contribution in [3.8, 4) is 0 Å². The van der Waals surface area contributed by atoms with E-state index in [1.54, 1.807) is 0 Å². The van der Waals surface area contributed by atoms with Crippen molar-refractivity contribution in [2.45, 2.75) is 39.0 Å². The quantitative estimate of drug-likeness (QED) is 0.860. The number of hydrogen-bond acceptors (Lipinski definition) is 1. The largest absolute Gasteiger partial charge is 0.326 e. The Morgan fingerprint density at radius 1 is 1.33 bits per heavy atom. The van der Waals surface area contributed by atoms with Crippen molar-refractivity contribution in [1.29, 1.82) is 0 Å². The van der Waals surface area contributed by atoms with Gasteiger partial charge in [-0.25, -0.2) is 0 Å². The van der Waals surface area contributed by atoms with Crippen LogP contribution in [0.5, 0.6) is 0 Å². The van der Waals surface area contributed by atoms with Crippen LogP contribution in [0.15, 0.2) is 24.3 Å². The molecule has 0 heterocycles. The van der Waals surface area contributed by atoms with E-state index in [0.29, 0.717) is 5.92 Å². The zero-order chi connectivity index (χ0) is 12.5. The van der Waals surface area contributed by atoms with Crippen molar-refractivity contribution in [3.63, 3.8) is 0 Å². The van der Waals surface area contributed by atoms with Gasteiger partial charge in [-0.2, -0.15) is 0 Å². The third-order valence-electron chi connectivity index (χ3n) is 4.63. The molecule has 2 aliphatic rings. The molecule has 0 spiro atoms. The van der Waals surface area contributed by atoms with Gasteiger partial charge < -0.3 is 5.32 Å². The molecule has 18 heavy (non-hydrogen) atoms. The zero-order valence-corrected chi connectivity index (χ0v) is 11.0. The summed E-state index contributed by atoms with van der Waals surface area (Å²) in [6.07, 6.45) is 6.14. The lowest BCUT2D eigenvalue weighted by Crippen LogP contribution is -2.20. The van der Waals surface area contributed by atoms with Gasteiger partial charge in [-0.1, -0.05) is 18.6 Å². The van der Waals surface area contributed by atoms with E-state index in [1.807, 2.05) is 31.2 Å². The summed E-state index contributed by atoms with van der Waals surface area (Å²) < 4.78 is 0. The van der Waals surface area contributed by atoms with Gasteiger partial charge in [0, 0.05) is 12.1 Å². The standard InChI is InChI=1S/C16H21NO/c1-11-3-2-4-15(7-11)17-16(18)10-14-9-12-5-6-13(14)8-12/h2-4,7,12-14H,5-6,8-10H2,1H3,(H,17,18)/t12-,13+,14+/m0/s1. The number of aryl methyl sites for hydroxylation is 1. The molecule has 0 radical (unpaired) electrons. The van der Waals surface area contributed by atoms with Crippen molar-refractivity contribution >= 4 is 11.6 Å². The lowest BCUT2D eigenvalue weighted by molar-refractivity contribution is -0.117. The molecule has 0 saturated heterocycles. The molecule has 1 aromatic carbocycles. The first-order valence-corrected chi connectivity index (χ1v) is 7.07. The van der Waals surface area contributed by atoms with E-state index in [4.69, 9.17) is 0 Å². The molecule has 1 N–H and O–H groups in total. The Hall–Kier alpha value is -1.31. The number of benzene rings is 1. The Kier molecular flexibility index (Phi) is 3.11. The fourth-order valence-corrected chi connectivity index (χ4v) is 3.80. The van der Waals surface area contributed by atoms with Gasteiger partial charge in [0.05, 0.1) is 0 Å². The van der Waals surface area contributed by atoms with E-state index >= 15 is 0 Å². The monoisotopic (exact) mass is 243 g/mol. The Morgan fingerprint density at radius 2 is 2.22 bits per heavy atom. The van der Waals surface area contributed by atoms with Gasteiger partial charge in [-0.05, 0) is 61.6 Å². The highest BCUT2D eigenvalue weighted by atomic mass is 16.1. The summed E-state index contributed by atoms with van der Waals surface area (Å²) in [7, 11) is 0. The number of nitrogens with one attached hydrogen (secondary N) is 1. The molecule has 1 aromatic rings. The van der Waals surface area contributed by atoms with Crippen molar-refractivity contribution < 1.29 is 4.79 Å². The van der Waals surface area contributed by atoms with Crippen LogP contribution in [0.2, 0.25) is 0 Å². The maximum absolute atomic E-state index is 12.0. The van der Waals surface area contributed by atoms with E-state index in [2.05, 4.69) is 5.32 Å². The highest BCUT2D eigenvalue weighted by Crippen LogP contribution is 2.49. The number of amides is 1. The second-order valence-electron chi connectivity index (χ2n) is 6.06. The fourth-order valence-electron chi connectivity index (χ4n) is 3.80. The van der Waals surface area contributed by atoms with E-state index in [0.717, 1.165) is 23.9 Å². The van der Waals surface area contributed by atoms with E-state index in [9.17, 15) is 4.79 Å². The van der Waals surface area contributed by atoms with E-state index < -0.39 is 0 Å². The Labute approximate surface area is 109 Å². The lowest BCUT2D eigenvalue weighted by atomic mass is 9.86. The van der Waals surface area contributed by atoms with Crippen molar-refractivity contribution in [1.82, 2.24) is 0 Å². The van der Waals surface area contributed by atoms with Gasteiger partial charge in [-0.15, -0.1) is 0 Å². The number of carbonyl (C=O) groups is 1. The molecule has 1 amide bonds. The predicted molar refractivity (Wildman–Crippen MR) is 73.4 cm³/mol. The second kappa shape index (κ2) is 4.75. The van der Waals surface area contributed by atoms with Gasteiger partial charge in [0.25, 0.3) is 0 Å². The summed E-state index contributed by atoms with van der Waals surface area (Å²) in [5.41, 5.74) is 2.12. The normalized spacial score (nSPS) is 29.5. The Bertz CT molecular complexity index is 454. The first-order valence-electron chi connectivity index (χ1n) is 7.07. The molecular weight excluding hydrogens is 222 g/mol. The van der Waals surface area contributed by atoms with Crippen LogP contribution >= 0.6 is 0 Å². The van der Waals surface area contributed by atoms with Crippen molar-refractivity contribution in [2.24, 2.45) is 17.8 Å². The summed E-state index contributed by atoms with van der Waals surface area (Å²) in [5.74, 6) is 2.59. The number of fused-ring (bicyclic) bond motifs is 2. The summed E-state index contributed by atoms with van der Waals surface area (Å²) in [5, 5.41) is 3.03. The van der Waals surface area contributed by atoms with Crippen LogP contribution in [0, 0.1) is 24.7 Å². The van der Waals surface area contributed by atoms with Gasteiger partial charge in [0.1, 0.15) is 0 Å². The Morgan fingerprint density at radius 3 is 2.89 bits per heavy atom. The second-order valence-corrected chi connectivity index (χ2v) is 6.06. The van der Waals surface area contributed by atoms with Crippen LogP contribution in [0.3, 0.4) is 0 Å². The maximum atomic E-state index is 12.0. The average molecular weight is 243 g/mol. The van der Waals surface area contributed by atoms with Crippen LogP contribution in [0.4, 0.5) is 5.69 Å². The van der Waals surface area contributed by atoms with E-state index in [-0.39, 0.29) is 5.91 Å². The SMILES string of the molecule is Cc1cccc(NC(=O)C[C@H]2C[C@H]3CC[C@@H]2C3)c1. The highest BCUT2D eigenvalue weighted by molar-refractivity contribution is 5.90. The van der Waals surface area contributed by atoms with Gasteiger partial charge in [0.2, 0.25) is 5.91 Å². The minimum Gasteiger partial charge on any atom is -0.326 e. The number of anilines is 1. The van der Waals surface area contributed by atoms with Crippen LogP contribution in [0.25, 0.3) is 0 Å². The van der Waals surface area contributed by atoms with Gasteiger partial charge >= 0.3 is 0 Å². The van der Waals surface area contributed by atoms with Crippen LogP contribution < -0.4 is 5.32 Å².